The summed E-state index contributed by atoms with van der Waals surface area (Å²) >= 11 is 1.36. The second kappa shape index (κ2) is 9.61. The highest BCUT2D eigenvalue weighted by molar-refractivity contribution is 7.99. The highest BCUT2D eigenvalue weighted by Crippen LogP contribution is 2.36. The number of amides is 1. The Kier molecular flexibility index (Phi) is 6.22. The number of carbonyl (C=O) groups excluding carboxylic acids is 1. The fourth-order valence-corrected chi connectivity index (χ4v) is 4.81. The molecule has 1 N–H and O–H groups in total. The Bertz CT molecular complexity index is 1460. The average Bonchev–Trinajstić information content (AvgIpc) is 3.42. The molecule has 0 bridgehead atoms. The molecule has 0 saturated carbocycles. The lowest BCUT2D eigenvalue weighted by Gasteiger charge is -2.11. The summed E-state index contributed by atoms with van der Waals surface area (Å²) in [6.07, 6.45) is 0.698. The summed E-state index contributed by atoms with van der Waals surface area (Å²) < 4.78 is 13.5. The van der Waals surface area contributed by atoms with E-state index < -0.39 is 0 Å². The average molecular weight is 473 g/mol. The lowest BCUT2D eigenvalue weighted by molar-refractivity contribution is -0.113. The van der Waals surface area contributed by atoms with Gasteiger partial charge in [0.05, 0.1) is 18.6 Å². The molecule has 34 heavy (non-hydrogen) atoms. The molecule has 5 aromatic rings. The van der Waals surface area contributed by atoms with Crippen LogP contribution in [0.25, 0.3) is 21.9 Å². The Balaban J connectivity index is 1.30. The maximum atomic E-state index is 12.8. The van der Waals surface area contributed by atoms with Crippen LogP contribution >= 0.6 is 11.8 Å². The van der Waals surface area contributed by atoms with Gasteiger partial charge in [-0.25, -0.2) is 0 Å². The van der Waals surface area contributed by atoms with Crippen molar-refractivity contribution in [2.45, 2.75) is 25.0 Å². The Morgan fingerprint density at radius 1 is 1.03 bits per heavy atom. The number of nitrogens with zero attached hydrogens (tertiary/aromatic N) is 3. The number of para-hydroxylation sites is 1. The first-order chi connectivity index (χ1) is 16.7. The quantitative estimate of drug-likeness (QED) is 0.299. The number of carbonyl (C=O) groups is 1. The molecule has 172 valence electrons. The number of hydrogen-bond donors (Lipinski definition) is 1. The van der Waals surface area contributed by atoms with Gasteiger partial charge in [0.2, 0.25) is 5.91 Å². The summed E-state index contributed by atoms with van der Waals surface area (Å²) in [5, 5.41) is 14.3. The molecule has 8 heteroatoms. The second-order valence-corrected chi connectivity index (χ2v) is 8.73. The van der Waals surface area contributed by atoms with Crippen LogP contribution < -0.4 is 10.1 Å². The van der Waals surface area contributed by atoms with E-state index in [2.05, 4.69) is 34.6 Å². The van der Waals surface area contributed by atoms with Gasteiger partial charge in [0, 0.05) is 29.8 Å². The smallest absolute Gasteiger partial charge is 0.234 e. The lowest BCUT2D eigenvalue weighted by atomic mass is 10.1. The fourth-order valence-electron chi connectivity index (χ4n) is 3.99. The number of furan rings is 1. The van der Waals surface area contributed by atoms with Crippen LogP contribution in [0, 0.1) is 0 Å². The highest BCUT2D eigenvalue weighted by atomic mass is 32.2. The SMILES string of the molecule is CCn1c(Cc2ccccc2)nnc1SCC(=O)Nc1cc2oc3ccccc3c2cc1OC. The van der Waals surface area contributed by atoms with E-state index in [0.29, 0.717) is 23.4 Å². The summed E-state index contributed by atoms with van der Waals surface area (Å²) in [7, 11) is 1.59. The Morgan fingerprint density at radius 2 is 1.82 bits per heavy atom. The van der Waals surface area contributed by atoms with E-state index in [0.717, 1.165) is 33.9 Å². The molecule has 0 atom stereocenters. The van der Waals surface area contributed by atoms with E-state index in [-0.39, 0.29) is 11.7 Å². The van der Waals surface area contributed by atoms with Gasteiger partial charge in [0.15, 0.2) is 5.16 Å². The van der Waals surface area contributed by atoms with Gasteiger partial charge in [0.25, 0.3) is 0 Å². The van der Waals surface area contributed by atoms with E-state index in [4.69, 9.17) is 9.15 Å². The largest absolute Gasteiger partial charge is 0.495 e. The van der Waals surface area contributed by atoms with Gasteiger partial charge < -0.3 is 19.0 Å². The molecule has 0 aliphatic carbocycles. The van der Waals surface area contributed by atoms with Gasteiger partial charge in [-0.15, -0.1) is 10.2 Å². The van der Waals surface area contributed by atoms with Crippen molar-refractivity contribution in [1.82, 2.24) is 14.8 Å². The fraction of sp³-hybridized carbons (Fsp3) is 0.192. The molecular formula is C26H24N4O3S. The van der Waals surface area contributed by atoms with Gasteiger partial charge in [-0.2, -0.15) is 0 Å². The van der Waals surface area contributed by atoms with E-state index in [1.807, 2.05) is 59.2 Å². The number of ether oxygens (including phenoxy) is 1. The van der Waals surface area contributed by atoms with E-state index in [1.165, 1.54) is 17.3 Å². The Labute approximate surface area is 201 Å². The van der Waals surface area contributed by atoms with Crippen molar-refractivity contribution in [2.75, 3.05) is 18.2 Å². The molecule has 0 saturated heterocycles. The number of benzene rings is 3. The van der Waals surface area contributed by atoms with Crippen molar-refractivity contribution >= 4 is 45.3 Å². The molecule has 5 rings (SSSR count). The van der Waals surface area contributed by atoms with Gasteiger partial charge in [-0.3, -0.25) is 4.79 Å². The van der Waals surface area contributed by atoms with Crippen molar-refractivity contribution < 1.29 is 13.9 Å². The van der Waals surface area contributed by atoms with Gasteiger partial charge in [-0.05, 0) is 24.6 Å². The molecule has 3 aromatic carbocycles. The maximum Gasteiger partial charge on any atom is 0.234 e. The van der Waals surface area contributed by atoms with Crippen molar-refractivity contribution in [3.8, 4) is 5.75 Å². The predicted molar refractivity (Wildman–Crippen MR) is 135 cm³/mol. The van der Waals surface area contributed by atoms with Gasteiger partial charge in [-0.1, -0.05) is 60.3 Å². The maximum absolute atomic E-state index is 12.8. The summed E-state index contributed by atoms with van der Waals surface area (Å²) in [6, 6.07) is 21.7. The minimum absolute atomic E-state index is 0.158. The molecule has 0 unspecified atom stereocenters. The molecule has 0 spiro atoms. The molecule has 2 aromatic heterocycles. The minimum Gasteiger partial charge on any atom is -0.495 e. The van der Waals surface area contributed by atoms with E-state index >= 15 is 0 Å². The van der Waals surface area contributed by atoms with Crippen LogP contribution in [0.15, 0.2) is 76.3 Å². The van der Waals surface area contributed by atoms with Crippen LogP contribution in [-0.2, 0) is 17.8 Å². The van der Waals surface area contributed by atoms with Crippen LogP contribution in [0.1, 0.15) is 18.3 Å². The third-order valence-corrected chi connectivity index (χ3v) is 6.59. The van der Waals surface area contributed by atoms with Crippen molar-refractivity contribution in [3.05, 3.63) is 78.1 Å². The van der Waals surface area contributed by atoms with E-state index in [9.17, 15) is 4.79 Å². The Morgan fingerprint density at radius 3 is 2.62 bits per heavy atom. The molecule has 0 aliphatic heterocycles. The van der Waals surface area contributed by atoms with Crippen LogP contribution in [0.5, 0.6) is 5.75 Å². The van der Waals surface area contributed by atoms with Crippen LogP contribution in [0.2, 0.25) is 0 Å². The summed E-state index contributed by atoms with van der Waals surface area (Å²) in [4.78, 5) is 12.8. The number of hydrogen-bond acceptors (Lipinski definition) is 6. The van der Waals surface area contributed by atoms with Crippen molar-refractivity contribution in [2.24, 2.45) is 0 Å². The summed E-state index contributed by atoms with van der Waals surface area (Å²) in [5.74, 6) is 1.51. The monoisotopic (exact) mass is 472 g/mol. The number of aromatic nitrogens is 3. The van der Waals surface area contributed by atoms with E-state index in [1.54, 1.807) is 7.11 Å². The number of fused-ring (bicyclic) bond motifs is 3. The number of nitrogens with one attached hydrogen (secondary N) is 1. The Hall–Kier alpha value is -3.78. The third-order valence-electron chi connectivity index (χ3n) is 5.62. The molecular weight excluding hydrogens is 448 g/mol. The summed E-state index contributed by atoms with van der Waals surface area (Å²) in [6.45, 7) is 2.78. The van der Waals surface area contributed by atoms with Crippen LogP contribution in [-0.4, -0.2) is 33.5 Å². The third kappa shape index (κ3) is 4.36. The zero-order valence-corrected chi connectivity index (χ0v) is 19.8. The number of anilines is 1. The molecule has 0 radical (unpaired) electrons. The van der Waals surface area contributed by atoms with Crippen LogP contribution in [0.3, 0.4) is 0 Å². The van der Waals surface area contributed by atoms with Crippen molar-refractivity contribution in [1.29, 1.82) is 0 Å². The number of rotatable bonds is 8. The molecule has 0 aliphatic rings. The number of methoxy groups -OCH3 is 1. The first-order valence-corrected chi connectivity index (χ1v) is 12.0. The van der Waals surface area contributed by atoms with Crippen LogP contribution in [0.4, 0.5) is 5.69 Å². The van der Waals surface area contributed by atoms with Crippen molar-refractivity contribution in [3.63, 3.8) is 0 Å². The lowest BCUT2D eigenvalue weighted by Crippen LogP contribution is -2.15. The highest BCUT2D eigenvalue weighted by Gasteiger charge is 2.16. The predicted octanol–water partition coefficient (Wildman–Crippen LogP) is 5.53. The molecule has 7 nitrogen and oxygen atoms in total. The molecule has 2 heterocycles. The normalized spacial score (nSPS) is 11.2. The van der Waals surface area contributed by atoms with Gasteiger partial charge in [0.1, 0.15) is 22.7 Å². The number of thioether (sulfide) groups is 1. The molecule has 0 fully saturated rings. The summed E-state index contributed by atoms with van der Waals surface area (Å²) in [5.41, 5.74) is 3.23. The zero-order valence-electron chi connectivity index (χ0n) is 18.9. The first-order valence-electron chi connectivity index (χ1n) is 11.0. The second-order valence-electron chi connectivity index (χ2n) is 7.79. The minimum atomic E-state index is -0.158. The molecule has 1 amide bonds. The standard InChI is InChI=1S/C26H24N4O3S/c1-3-30-24(13-17-9-5-4-6-10-17)28-29-26(30)34-16-25(31)27-20-15-22-19(14-23(20)32-2)18-11-7-8-12-21(18)33-22/h4-12,14-15H,3,13,16H2,1-2H3,(H,27,31). The first kappa shape index (κ1) is 22.0. The topological polar surface area (TPSA) is 82.2 Å². The van der Waals surface area contributed by atoms with Gasteiger partial charge >= 0.3 is 0 Å². The zero-order chi connectivity index (χ0) is 23.5.